The van der Waals surface area contributed by atoms with Gasteiger partial charge in [0, 0.05) is 0 Å². The summed E-state index contributed by atoms with van der Waals surface area (Å²) in [7, 11) is 0. The van der Waals surface area contributed by atoms with Crippen molar-refractivity contribution in [3.63, 3.8) is 0 Å². The number of hydrogen-bond donors (Lipinski definition) is 2. The molecule has 0 bridgehead atoms. The molecular formula is C22H44KLiO4. The van der Waals surface area contributed by atoms with E-state index in [4.69, 9.17) is 0 Å². The SMILES string of the molecule is CCCCCCCCCCCCC(CCCCCCC)(C(=O)O)C(=O)O.[KH].[LiH]. The van der Waals surface area contributed by atoms with E-state index in [2.05, 4.69) is 13.8 Å². The van der Waals surface area contributed by atoms with Crippen LogP contribution < -0.4 is 0 Å². The van der Waals surface area contributed by atoms with Crippen molar-refractivity contribution in [3.8, 4) is 0 Å². The van der Waals surface area contributed by atoms with E-state index in [9.17, 15) is 19.8 Å². The average molecular weight is 419 g/mol. The molecule has 0 aliphatic rings. The Bertz CT molecular complexity index is 364. The molecule has 2 N–H and O–H groups in total. The Hall–Kier alpha value is 1.17. The maximum atomic E-state index is 11.7. The maximum absolute atomic E-state index is 11.7. The van der Waals surface area contributed by atoms with E-state index < -0.39 is 17.4 Å². The zero-order valence-electron chi connectivity index (χ0n) is 17.2. The quantitative estimate of drug-likeness (QED) is 0.165. The number of rotatable bonds is 19. The summed E-state index contributed by atoms with van der Waals surface area (Å²) in [5, 5.41) is 19.1. The molecule has 0 saturated heterocycles. The molecule has 0 atom stereocenters. The summed E-state index contributed by atoms with van der Waals surface area (Å²) in [4.78, 5) is 23.4. The molecule has 0 saturated carbocycles. The van der Waals surface area contributed by atoms with Crippen LogP contribution >= 0.6 is 0 Å². The number of carboxylic acid groups (broad SMARTS) is 2. The van der Waals surface area contributed by atoms with E-state index in [0.29, 0.717) is 12.8 Å². The third-order valence-electron chi connectivity index (χ3n) is 5.48. The number of unbranched alkanes of at least 4 members (excludes halogenated alkanes) is 13. The molecule has 0 aliphatic heterocycles. The van der Waals surface area contributed by atoms with Gasteiger partial charge in [-0.25, -0.2) is 0 Å². The molecule has 0 radical (unpaired) electrons. The van der Waals surface area contributed by atoms with Crippen molar-refractivity contribution in [2.24, 2.45) is 5.41 Å². The van der Waals surface area contributed by atoms with Crippen LogP contribution in [0, 0.1) is 5.41 Å². The van der Waals surface area contributed by atoms with E-state index in [-0.39, 0.29) is 83.1 Å². The van der Waals surface area contributed by atoms with Crippen LogP contribution in [0.3, 0.4) is 0 Å². The molecule has 28 heavy (non-hydrogen) atoms. The van der Waals surface area contributed by atoms with Crippen LogP contribution in [-0.2, 0) is 9.59 Å². The minimum absolute atomic E-state index is 0. The van der Waals surface area contributed by atoms with Gasteiger partial charge >= 0.3 is 82.2 Å². The molecule has 0 aromatic heterocycles. The second kappa shape index (κ2) is 22.8. The summed E-state index contributed by atoms with van der Waals surface area (Å²) < 4.78 is 0. The molecule has 0 aromatic carbocycles. The van der Waals surface area contributed by atoms with E-state index in [1.165, 1.54) is 44.9 Å². The second-order valence-corrected chi connectivity index (χ2v) is 7.79. The molecular weight excluding hydrogens is 374 g/mol. The van der Waals surface area contributed by atoms with E-state index in [0.717, 1.165) is 38.5 Å². The number of aliphatic carboxylic acids is 2. The van der Waals surface area contributed by atoms with E-state index in [1.807, 2.05) is 0 Å². The topological polar surface area (TPSA) is 74.6 Å². The van der Waals surface area contributed by atoms with Crippen LogP contribution in [0.15, 0.2) is 0 Å². The molecule has 0 spiro atoms. The molecule has 0 unspecified atom stereocenters. The van der Waals surface area contributed by atoms with Gasteiger partial charge in [-0.2, -0.15) is 0 Å². The van der Waals surface area contributed by atoms with Gasteiger partial charge in [0.1, 0.15) is 0 Å². The second-order valence-electron chi connectivity index (χ2n) is 7.79. The zero-order valence-corrected chi connectivity index (χ0v) is 17.2. The fourth-order valence-electron chi connectivity index (χ4n) is 3.59. The monoisotopic (exact) mass is 418 g/mol. The standard InChI is InChI=1S/C22H42O4.K.Li.2H/c1-3-5-7-9-10-11-12-13-15-17-19-22(20(23)24,21(25)26)18-16-14-8-6-4-2;;;;/h3-19H2,1-2H3,(H,23,24)(H,25,26);;;;. The van der Waals surface area contributed by atoms with Crippen molar-refractivity contribution in [2.45, 2.75) is 123 Å². The van der Waals surface area contributed by atoms with Crippen LogP contribution in [0.4, 0.5) is 0 Å². The Morgan fingerprint density at radius 3 is 1.07 bits per heavy atom. The fourth-order valence-corrected chi connectivity index (χ4v) is 3.59. The average Bonchev–Trinajstić information content (AvgIpc) is 2.60. The first-order chi connectivity index (χ1) is 12.5. The Kier molecular flexibility index (Phi) is 27.6. The van der Waals surface area contributed by atoms with Crippen LogP contribution in [0.25, 0.3) is 0 Å². The predicted molar refractivity (Wildman–Crippen MR) is 122 cm³/mol. The van der Waals surface area contributed by atoms with Crippen LogP contribution in [-0.4, -0.2) is 92.4 Å². The van der Waals surface area contributed by atoms with Gasteiger partial charge in [0.15, 0.2) is 5.41 Å². The van der Waals surface area contributed by atoms with Crippen molar-refractivity contribution >= 4 is 82.2 Å². The molecule has 0 rings (SSSR count). The molecule has 0 aromatic rings. The third-order valence-corrected chi connectivity index (χ3v) is 5.48. The molecule has 0 amide bonds. The molecule has 0 aliphatic carbocycles. The normalized spacial score (nSPS) is 10.8. The third kappa shape index (κ3) is 15.9. The van der Waals surface area contributed by atoms with Crippen molar-refractivity contribution in [1.29, 1.82) is 0 Å². The Balaban J connectivity index is -0.00000312. The van der Waals surface area contributed by atoms with E-state index >= 15 is 0 Å². The summed E-state index contributed by atoms with van der Waals surface area (Å²) >= 11 is 0. The molecule has 0 fully saturated rings. The Labute approximate surface area is 228 Å². The first kappa shape index (κ1) is 33.8. The van der Waals surface area contributed by atoms with Gasteiger partial charge in [-0.3, -0.25) is 9.59 Å². The van der Waals surface area contributed by atoms with Gasteiger partial charge < -0.3 is 10.2 Å². The first-order valence-corrected chi connectivity index (χ1v) is 11.0. The first-order valence-electron chi connectivity index (χ1n) is 11.0. The van der Waals surface area contributed by atoms with Gasteiger partial charge in [0.05, 0.1) is 0 Å². The van der Waals surface area contributed by atoms with Crippen molar-refractivity contribution in [3.05, 3.63) is 0 Å². The van der Waals surface area contributed by atoms with Gasteiger partial charge in [0.25, 0.3) is 0 Å². The Morgan fingerprint density at radius 1 is 0.571 bits per heavy atom. The van der Waals surface area contributed by atoms with Gasteiger partial charge in [-0.05, 0) is 12.8 Å². The van der Waals surface area contributed by atoms with Crippen molar-refractivity contribution in [2.75, 3.05) is 0 Å². The summed E-state index contributed by atoms with van der Waals surface area (Å²) in [5.74, 6) is -2.31. The van der Waals surface area contributed by atoms with Crippen molar-refractivity contribution < 1.29 is 19.8 Å². The summed E-state index contributed by atoms with van der Waals surface area (Å²) in [6.45, 7) is 4.35. The molecule has 158 valence electrons. The number of carbonyl (C=O) groups is 2. The van der Waals surface area contributed by atoms with Gasteiger partial charge in [0.2, 0.25) is 0 Å². The van der Waals surface area contributed by atoms with Crippen LogP contribution in [0.5, 0.6) is 0 Å². The van der Waals surface area contributed by atoms with Crippen LogP contribution in [0.2, 0.25) is 0 Å². The van der Waals surface area contributed by atoms with Crippen LogP contribution in [0.1, 0.15) is 123 Å². The summed E-state index contributed by atoms with van der Waals surface area (Å²) in [6, 6.07) is 0. The molecule has 6 heteroatoms. The van der Waals surface area contributed by atoms with Crippen molar-refractivity contribution in [1.82, 2.24) is 0 Å². The minimum atomic E-state index is -1.58. The zero-order chi connectivity index (χ0) is 19.7. The molecule has 4 nitrogen and oxygen atoms in total. The number of carboxylic acids is 2. The fraction of sp³-hybridized carbons (Fsp3) is 0.909. The predicted octanol–water partition coefficient (Wildman–Crippen LogP) is 5.52. The summed E-state index contributed by atoms with van der Waals surface area (Å²) in [6.07, 6.45) is 17.1. The van der Waals surface area contributed by atoms with Gasteiger partial charge in [-0.15, -0.1) is 0 Å². The Morgan fingerprint density at radius 2 is 0.821 bits per heavy atom. The van der Waals surface area contributed by atoms with E-state index in [1.54, 1.807) is 0 Å². The molecule has 0 heterocycles. The van der Waals surface area contributed by atoms with Gasteiger partial charge in [-0.1, -0.05) is 110 Å². The number of hydrogen-bond acceptors (Lipinski definition) is 2. The summed E-state index contributed by atoms with van der Waals surface area (Å²) in [5.41, 5.74) is -1.58.